The maximum atomic E-state index is 11.8. The molecule has 0 aromatic carbocycles. The van der Waals surface area contributed by atoms with Crippen LogP contribution in [0.1, 0.15) is 40.0 Å². The van der Waals surface area contributed by atoms with Crippen LogP contribution in [0.4, 0.5) is 0 Å². The van der Waals surface area contributed by atoms with Crippen molar-refractivity contribution in [1.82, 2.24) is 0 Å². The van der Waals surface area contributed by atoms with Gasteiger partial charge in [0.25, 0.3) is 0 Å². The van der Waals surface area contributed by atoms with Crippen LogP contribution in [0.25, 0.3) is 0 Å². The Labute approximate surface area is 88.6 Å². The van der Waals surface area contributed by atoms with Crippen LogP contribution < -0.4 is 0 Å². The zero-order chi connectivity index (χ0) is 11.5. The molecule has 4 heteroatoms. The largest absolute Gasteiger partial charge is 0.481 e. The second-order valence-corrected chi connectivity index (χ2v) is 5.90. The summed E-state index contributed by atoms with van der Waals surface area (Å²) in [5, 5.41) is 8.91. The number of hydrogen-bond donors (Lipinski definition) is 1. The van der Waals surface area contributed by atoms with Crippen LogP contribution in [-0.2, 0) is 14.3 Å². The van der Waals surface area contributed by atoms with E-state index in [1.165, 1.54) is 0 Å². The smallest absolute Gasteiger partial charge is 0.312 e. The van der Waals surface area contributed by atoms with E-state index in [0.29, 0.717) is 19.3 Å². The van der Waals surface area contributed by atoms with Crippen molar-refractivity contribution in [3.63, 3.8) is 0 Å². The molecular formula is C11H16O4. The Morgan fingerprint density at radius 3 is 1.93 bits per heavy atom. The van der Waals surface area contributed by atoms with Crippen molar-refractivity contribution in [1.29, 1.82) is 0 Å². The Hall–Kier alpha value is -1.06. The number of carboxylic acids is 1. The number of esters is 1. The molecule has 0 radical (unpaired) electrons. The normalized spacial score (nSPS) is 37.5. The van der Waals surface area contributed by atoms with E-state index < -0.39 is 22.4 Å². The lowest BCUT2D eigenvalue weighted by atomic mass is 9.35. The van der Waals surface area contributed by atoms with E-state index >= 15 is 0 Å². The first-order valence-electron chi connectivity index (χ1n) is 5.16. The minimum Gasteiger partial charge on any atom is -0.481 e. The molecule has 3 aliphatic carbocycles. The molecule has 4 nitrogen and oxygen atoms in total. The summed E-state index contributed by atoms with van der Waals surface area (Å²) in [5.41, 5.74) is -1.55. The summed E-state index contributed by atoms with van der Waals surface area (Å²) in [7, 11) is 0. The van der Waals surface area contributed by atoms with E-state index in [2.05, 4.69) is 0 Å². The topological polar surface area (TPSA) is 63.6 Å². The molecule has 0 spiro atoms. The molecule has 3 rings (SSSR count). The second-order valence-electron chi connectivity index (χ2n) is 5.90. The summed E-state index contributed by atoms with van der Waals surface area (Å²) >= 11 is 0. The molecule has 1 N–H and O–H groups in total. The monoisotopic (exact) mass is 212 g/mol. The van der Waals surface area contributed by atoms with Gasteiger partial charge in [-0.05, 0) is 40.0 Å². The zero-order valence-corrected chi connectivity index (χ0v) is 9.29. The molecule has 0 heterocycles. The minimum atomic E-state index is -0.770. The average molecular weight is 212 g/mol. The third kappa shape index (κ3) is 1.34. The van der Waals surface area contributed by atoms with Gasteiger partial charge in [0.2, 0.25) is 0 Å². The molecule has 3 saturated carbocycles. The lowest BCUT2D eigenvalue weighted by molar-refractivity contribution is -0.239. The third-order valence-corrected chi connectivity index (χ3v) is 3.32. The maximum Gasteiger partial charge on any atom is 0.312 e. The molecule has 0 saturated heterocycles. The first kappa shape index (κ1) is 10.5. The van der Waals surface area contributed by atoms with Gasteiger partial charge in [0.15, 0.2) is 0 Å². The molecule has 0 amide bonds. The van der Waals surface area contributed by atoms with Crippen molar-refractivity contribution in [2.75, 3.05) is 0 Å². The van der Waals surface area contributed by atoms with Gasteiger partial charge in [0.05, 0.1) is 10.8 Å². The number of carboxylic acid groups (broad SMARTS) is 1. The van der Waals surface area contributed by atoms with Crippen molar-refractivity contribution in [3.05, 3.63) is 0 Å². The highest BCUT2D eigenvalue weighted by molar-refractivity contribution is 5.90. The van der Waals surface area contributed by atoms with Gasteiger partial charge in [-0.25, -0.2) is 0 Å². The molecule has 15 heavy (non-hydrogen) atoms. The summed E-state index contributed by atoms with van der Waals surface area (Å²) in [6.45, 7) is 5.47. The van der Waals surface area contributed by atoms with Crippen molar-refractivity contribution >= 4 is 11.9 Å². The molecular weight excluding hydrogens is 196 g/mol. The van der Waals surface area contributed by atoms with E-state index in [0.717, 1.165) is 0 Å². The van der Waals surface area contributed by atoms with Crippen LogP contribution in [0.2, 0.25) is 0 Å². The Bertz CT molecular complexity index is 317. The van der Waals surface area contributed by atoms with Crippen LogP contribution in [0.15, 0.2) is 0 Å². The van der Waals surface area contributed by atoms with E-state index in [9.17, 15) is 9.59 Å². The van der Waals surface area contributed by atoms with Gasteiger partial charge in [0, 0.05) is 0 Å². The van der Waals surface area contributed by atoms with E-state index in [1.807, 2.05) is 20.8 Å². The molecule has 0 aromatic rings. The molecule has 0 unspecified atom stereocenters. The molecule has 0 atom stereocenters. The highest BCUT2D eigenvalue weighted by Gasteiger charge is 2.76. The van der Waals surface area contributed by atoms with Crippen LogP contribution in [-0.4, -0.2) is 22.6 Å². The number of ether oxygens (including phenoxy) is 1. The second kappa shape index (κ2) is 2.54. The van der Waals surface area contributed by atoms with Gasteiger partial charge in [-0.3, -0.25) is 9.59 Å². The van der Waals surface area contributed by atoms with Crippen molar-refractivity contribution in [2.24, 2.45) is 10.8 Å². The van der Waals surface area contributed by atoms with Gasteiger partial charge < -0.3 is 9.84 Å². The first-order chi connectivity index (χ1) is 6.69. The standard InChI is InChI=1S/C11H16O4/c1-9(2,3)15-8(14)11-4-10(5-11,6-11)7(12)13/h4-6H2,1-3H3,(H,12,13). The highest BCUT2D eigenvalue weighted by Crippen LogP contribution is 2.73. The SMILES string of the molecule is CC(C)(C)OC(=O)C12CC(C(=O)O)(C1)C2. The minimum absolute atomic E-state index is 0.224. The lowest BCUT2D eigenvalue weighted by Gasteiger charge is -2.66. The lowest BCUT2D eigenvalue weighted by Crippen LogP contribution is -2.69. The number of carbonyl (C=O) groups excluding carboxylic acids is 1. The predicted octanol–water partition coefficient (Wildman–Crippen LogP) is 1.58. The number of aliphatic carboxylic acids is 1. The van der Waals surface area contributed by atoms with Gasteiger partial charge in [0.1, 0.15) is 5.60 Å². The summed E-state index contributed by atoms with van der Waals surface area (Å²) in [6.07, 6.45) is 1.39. The molecule has 3 fully saturated rings. The number of carbonyl (C=O) groups is 2. The quantitative estimate of drug-likeness (QED) is 0.706. The maximum absolute atomic E-state index is 11.8. The van der Waals surface area contributed by atoms with Crippen molar-refractivity contribution in [3.8, 4) is 0 Å². The molecule has 2 bridgehead atoms. The summed E-state index contributed by atoms with van der Waals surface area (Å²) in [6, 6.07) is 0. The molecule has 0 aromatic heterocycles. The fourth-order valence-corrected chi connectivity index (χ4v) is 2.62. The van der Waals surface area contributed by atoms with E-state index in [4.69, 9.17) is 9.84 Å². The fraction of sp³-hybridized carbons (Fsp3) is 0.818. The predicted molar refractivity (Wildman–Crippen MR) is 52.2 cm³/mol. The van der Waals surface area contributed by atoms with E-state index in [-0.39, 0.29) is 5.97 Å². The average Bonchev–Trinajstić information content (AvgIpc) is 1.72. The van der Waals surface area contributed by atoms with Gasteiger partial charge in [-0.2, -0.15) is 0 Å². The Morgan fingerprint density at radius 2 is 1.60 bits per heavy atom. The summed E-state index contributed by atoms with van der Waals surface area (Å²) in [5.74, 6) is -0.994. The van der Waals surface area contributed by atoms with Gasteiger partial charge >= 0.3 is 11.9 Å². The van der Waals surface area contributed by atoms with Gasteiger partial charge in [-0.1, -0.05) is 0 Å². The third-order valence-electron chi connectivity index (χ3n) is 3.32. The first-order valence-corrected chi connectivity index (χ1v) is 5.16. The fourth-order valence-electron chi connectivity index (χ4n) is 2.62. The molecule has 0 aliphatic heterocycles. The zero-order valence-electron chi connectivity index (χ0n) is 9.29. The van der Waals surface area contributed by atoms with Crippen molar-refractivity contribution < 1.29 is 19.4 Å². The van der Waals surface area contributed by atoms with Gasteiger partial charge in [-0.15, -0.1) is 0 Å². The Morgan fingerprint density at radius 1 is 1.13 bits per heavy atom. The highest BCUT2D eigenvalue weighted by atomic mass is 16.6. The Balaban J connectivity index is 1.96. The molecule has 84 valence electrons. The number of hydrogen-bond acceptors (Lipinski definition) is 3. The summed E-state index contributed by atoms with van der Waals surface area (Å²) in [4.78, 5) is 22.6. The summed E-state index contributed by atoms with van der Waals surface area (Å²) < 4.78 is 5.28. The van der Waals surface area contributed by atoms with Crippen LogP contribution in [0.5, 0.6) is 0 Å². The Kier molecular flexibility index (Phi) is 1.77. The van der Waals surface area contributed by atoms with E-state index in [1.54, 1.807) is 0 Å². The number of rotatable bonds is 2. The van der Waals surface area contributed by atoms with Crippen molar-refractivity contribution in [2.45, 2.75) is 45.6 Å². The van der Waals surface area contributed by atoms with Crippen LogP contribution in [0.3, 0.4) is 0 Å². The van der Waals surface area contributed by atoms with Crippen LogP contribution >= 0.6 is 0 Å². The van der Waals surface area contributed by atoms with Crippen LogP contribution in [0, 0.1) is 10.8 Å². The molecule has 3 aliphatic rings.